The Bertz CT molecular complexity index is 700. The average molecular weight is 327 g/mol. The molecule has 2 rings (SSSR count). The summed E-state index contributed by atoms with van der Waals surface area (Å²) in [6, 6.07) is 16.7. The molecule has 0 radical (unpaired) electrons. The first-order chi connectivity index (χ1) is 11.5. The van der Waals surface area contributed by atoms with Crippen molar-refractivity contribution in [1.29, 1.82) is 0 Å². The standard InChI is InChI=1S/C19H21NO4/c1-14(19(22)23)12-20(2)18(21)16-9-6-10-17(11-16)24-13-15-7-4-3-5-8-15/h3-11,14H,12-13H2,1-2H3,(H,22,23). The summed E-state index contributed by atoms with van der Waals surface area (Å²) in [6.45, 7) is 2.15. The summed E-state index contributed by atoms with van der Waals surface area (Å²) >= 11 is 0. The van der Waals surface area contributed by atoms with E-state index in [2.05, 4.69) is 0 Å². The molecule has 0 fully saturated rings. The third kappa shape index (κ3) is 4.84. The van der Waals surface area contributed by atoms with Crippen molar-refractivity contribution in [2.45, 2.75) is 13.5 Å². The third-order valence-electron chi connectivity index (χ3n) is 3.65. The first-order valence-electron chi connectivity index (χ1n) is 7.72. The van der Waals surface area contributed by atoms with Crippen molar-refractivity contribution in [3.63, 3.8) is 0 Å². The van der Waals surface area contributed by atoms with Crippen LogP contribution in [0.1, 0.15) is 22.8 Å². The van der Waals surface area contributed by atoms with Crippen molar-refractivity contribution >= 4 is 11.9 Å². The van der Waals surface area contributed by atoms with Crippen LogP contribution >= 0.6 is 0 Å². The molecule has 0 aromatic heterocycles. The maximum absolute atomic E-state index is 12.4. The predicted octanol–water partition coefficient (Wildman–Crippen LogP) is 3.06. The molecular formula is C19H21NO4. The van der Waals surface area contributed by atoms with Crippen molar-refractivity contribution in [1.82, 2.24) is 4.90 Å². The highest BCUT2D eigenvalue weighted by Gasteiger charge is 2.18. The molecule has 24 heavy (non-hydrogen) atoms. The van der Waals surface area contributed by atoms with Crippen molar-refractivity contribution < 1.29 is 19.4 Å². The molecule has 2 aromatic rings. The fourth-order valence-corrected chi connectivity index (χ4v) is 2.25. The zero-order valence-corrected chi connectivity index (χ0v) is 13.8. The van der Waals surface area contributed by atoms with E-state index < -0.39 is 11.9 Å². The number of nitrogens with zero attached hydrogens (tertiary/aromatic N) is 1. The molecule has 2 aromatic carbocycles. The highest BCUT2D eigenvalue weighted by atomic mass is 16.5. The molecule has 5 heteroatoms. The lowest BCUT2D eigenvalue weighted by molar-refractivity contribution is -0.141. The summed E-state index contributed by atoms with van der Waals surface area (Å²) in [4.78, 5) is 24.7. The van der Waals surface area contributed by atoms with Crippen LogP contribution in [0.25, 0.3) is 0 Å². The smallest absolute Gasteiger partial charge is 0.308 e. The van der Waals surface area contributed by atoms with Gasteiger partial charge in [-0.2, -0.15) is 0 Å². The minimum absolute atomic E-state index is 0.156. The number of amides is 1. The van der Waals surface area contributed by atoms with Gasteiger partial charge in [0.25, 0.3) is 5.91 Å². The summed E-state index contributed by atoms with van der Waals surface area (Å²) in [5, 5.41) is 8.95. The number of hydrogen-bond donors (Lipinski definition) is 1. The fraction of sp³-hybridized carbons (Fsp3) is 0.263. The number of aliphatic carboxylic acids is 1. The van der Waals surface area contributed by atoms with Crippen LogP contribution in [0, 0.1) is 5.92 Å². The van der Waals surface area contributed by atoms with E-state index in [4.69, 9.17) is 9.84 Å². The number of carboxylic acids is 1. The molecule has 1 amide bonds. The molecule has 0 bridgehead atoms. The van der Waals surface area contributed by atoms with E-state index in [1.165, 1.54) is 4.90 Å². The number of carboxylic acid groups (broad SMARTS) is 1. The second-order valence-corrected chi connectivity index (χ2v) is 5.73. The molecule has 0 saturated carbocycles. The molecule has 0 aliphatic rings. The van der Waals surface area contributed by atoms with Crippen LogP contribution in [0.3, 0.4) is 0 Å². The topological polar surface area (TPSA) is 66.8 Å². The van der Waals surface area contributed by atoms with Gasteiger partial charge in [0.1, 0.15) is 12.4 Å². The van der Waals surface area contributed by atoms with Gasteiger partial charge >= 0.3 is 5.97 Å². The first-order valence-corrected chi connectivity index (χ1v) is 7.72. The minimum Gasteiger partial charge on any atom is -0.489 e. The van der Waals surface area contributed by atoms with Gasteiger partial charge in [-0.05, 0) is 23.8 Å². The number of carbonyl (C=O) groups is 2. The lowest BCUT2D eigenvalue weighted by Crippen LogP contribution is -2.33. The molecule has 1 atom stereocenters. The van der Waals surface area contributed by atoms with Gasteiger partial charge in [-0.1, -0.05) is 43.3 Å². The summed E-state index contributed by atoms with van der Waals surface area (Å²) in [6.07, 6.45) is 0. The Morgan fingerprint density at radius 2 is 1.83 bits per heavy atom. The predicted molar refractivity (Wildman–Crippen MR) is 91.0 cm³/mol. The van der Waals surface area contributed by atoms with Gasteiger partial charge in [0, 0.05) is 19.2 Å². The molecule has 126 valence electrons. The van der Waals surface area contributed by atoms with Gasteiger partial charge in [-0.15, -0.1) is 0 Å². The summed E-state index contributed by atoms with van der Waals surface area (Å²) in [7, 11) is 1.60. The maximum atomic E-state index is 12.4. The van der Waals surface area contributed by atoms with E-state index in [1.54, 1.807) is 38.2 Å². The third-order valence-corrected chi connectivity index (χ3v) is 3.65. The minimum atomic E-state index is -0.922. The van der Waals surface area contributed by atoms with Gasteiger partial charge in [0.05, 0.1) is 5.92 Å². The molecule has 1 unspecified atom stereocenters. The van der Waals surface area contributed by atoms with Crippen molar-refractivity contribution in [3.8, 4) is 5.75 Å². The van der Waals surface area contributed by atoms with Crippen LogP contribution in [0.4, 0.5) is 0 Å². The van der Waals surface area contributed by atoms with E-state index >= 15 is 0 Å². The van der Waals surface area contributed by atoms with E-state index in [1.807, 2.05) is 30.3 Å². The molecular weight excluding hydrogens is 306 g/mol. The zero-order chi connectivity index (χ0) is 17.5. The van der Waals surface area contributed by atoms with Gasteiger partial charge in [0.2, 0.25) is 0 Å². The van der Waals surface area contributed by atoms with Crippen LogP contribution < -0.4 is 4.74 Å². The summed E-state index contributed by atoms with van der Waals surface area (Å²) in [5.74, 6) is -1.16. The highest BCUT2D eigenvalue weighted by molar-refractivity contribution is 5.94. The Labute approximate surface area is 141 Å². The first kappa shape index (κ1) is 17.5. The number of ether oxygens (including phenoxy) is 1. The van der Waals surface area contributed by atoms with Crippen molar-refractivity contribution in [2.24, 2.45) is 5.92 Å². The van der Waals surface area contributed by atoms with Gasteiger partial charge in [-0.25, -0.2) is 0 Å². The molecule has 5 nitrogen and oxygen atoms in total. The second-order valence-electron chi connectivity index (χ2n) is 5.73. The second kappa shape index (κ2) is 8.15. The monoisotopic (exact) mass is 327 g/mol. The fourth-order valence-electron chi connectivity index (χ4n) is 2.25. The van der Waals surface area contributed by atoms with Crippen LogP contribution in [-0.4, -0.2) is 35.5 Å². The average Bonchev–Trinajstić information content (AvgIpc) is 2.60. The number of carbonyl (C=O) groups excluding carboxylic acids is 1. The number of hydrogen-bond acceptors (Lipinski definition) is 3. The SMILES string of the molecule is CC(CN(C)C(=O)c1cccc(OCc2ccccc2)c1)C(=O)O. The van der Waals surface area contributed by atoms with Crippen LogP contribution in [0.2, 0.25) is 0 Å². The van der Waals surface area contributed by atoms with E-state index in [0.29, 0.717) is 17.9 Å². The molecule has 0 aliphatic heterocycles. The Balaban J connectivity index is 2.01. The lowest BCUT2D eigenvalue weighted by Gasteiger charge is -2.19. The molecule has 0 saturated heterocycles. The van der Waals surface area contributed by atoms with Crippen LogP contribution in [0.15, 0.2) is 54.6 Å². The van der Waals surface area contributed by atoms with E-state index in [0.717, 1.165) is 5.56 Å². The molecule has 0 aliphatic carbocycles. The molecule has 0 heterocycles. The molecule has 1 N–H and O–H groups in total. The Morgan fingerprint density at radius 1 is 1.12 bits per heavy atom. The van der Waals surface area contributed by atoms with Gasteiger partial charge in [0.15, 0.2) is 0 Å². The van der Waals surface area contributed by atoms with Gasteiger partial charge < -0.3 is 14.7 Å². The summed E-state index contributed by atoms with van der Waals surface area (Å²) < 4.78 is 5.72. The van der Waals surface area contributed by atoms with E-state index in [9.17, 15) is 9.59 Å². The lowest BCUT2D eigenvalue weighted by atomic mass is 10.1. The van der Waals surface area contributed by atoms with Gasteiger partial charge in [-0.3, -0.25) is 9.59 Å². The highest BCUT2D eigenvalue weighted by Crippen LogP contribution is 2.17. The Hall–Kier alpha value is -2.82. The quantitative estimate of drug-likeness (QED) is 0.849. The summed E-state index contributed by atoms with van der Waals surface area (Å²) in [5.41, 5.74) is 1.52. The zero-order valence-electron chi connectivity index (χ0n) is 13.8. The van der Waals surface area contributed by atoms with Crippen LogP contribution in [-0.2, 0) is 11.4 Å². The molecule has 0 spiro atoms. The Morgan fingerprint density at radius 3 is 2.50 bits per heavy atom. The largest absolute Gasteiger partial charge is 0.489 e. The van der Waals surface area contributed by atoms with Crippen LogP contribution in [0.5, 0.6) is 5.75 Å². The Kier molecular flexibility index (Phi) is 5.95. The van der Waals surface area contributed by atoms with Crippen molar-refractivity contribution in [2.75, 3.05) is 13.6 Å². The van der Waals surface area contributed by atoms with Crippen molar-refractivity contribution in [3.05, 3.63) is 65.7 Å². The van der Waals surface area contributed by atoms with E-state index in [-0.39, 0.29) is 12.5 Å². The number of benzene rings is 2. The maximum Gasteiger partial charge on any atom is 0.308 e. The normalized spacial score (nSPS) is 11.6. The number of rotatable bonds is 7.